The molecule has 2 rings (SSSR count). The third kappa shape index (κ3) is 3.03. The first-order valence-electron chi connectivity index (χ1n) is 6.27. The van der Waals surface area contributed by atoms with E-state index in [1.165, 1.54) is 16.4 Å². The van der Waals surface area contributed by atoms with Crippen LogP contribution in [-0.4, -0.2) is 45.2 Å². The number of rotatable bonds is 3. The molecular weight excluding hydrogens is 300 g/mol. The van der Waals surface area contributed by atoms with Crippen LogP contribution in [0.3, 0.4) is 0 Å². The van der Waals surface area contributed by atoms with Gasteiger partial charge in [-0.2, -0.15) is 4.31 Å². The Labute approximate surface area is 119 Å². The zero-order valence-corrected chi connectivity index (χ0v) is 12.8. The zero-order valence-electron chi connectivity index (χ0n) is 11.2. The summed E-state index contributed by atoms with van der Waals surface area (Å²) >= 11 is 0. The monoisotopic (exact) mass is 318 g/mol. The third-order valence-corrected chi connectivity index (χ3v) is 7.20. The first-order chi connectivity index (χ1) is 9.26. The summed E-state index contributed by atoms with van der Waals surface area (Å²) in [6.07, 6.45) is 0. The molecule has 0 radical (unpaired) electrons. The molecule has 1 heterocycles. The van der Waals surface area contributed by atoms with Crippen molar-refractivity contribution < 1.29 is 16.8 Å². The van der Waals surface area contributed by atoms with Crippen molar-refractivity contribution in [2.45, 2.75) is 24.4 Å². The highest BCUT2D eigenvalue weighted by Gasteiger charge is 2.36. The summed E-state index contributed by atoms with van der Waals surface area (Å²) in [4.78, 5) is 0.167. The van der Waals surface area contributed by atoms with E-state index in [4.69, 9.17) is 5.73 Å². The number of hydrogen-bond acceptors (Lipinski definition) is 5. The number of sulfonamides is 1. The van der Waals surface area contributed by atoms with E-state index in [1.807, 2.05) is 0 Å². The molecular formula is C12H18N2O4S2. The second kappa shape index (κ2) is 5.44. The van der Waals surface area contributed by atoms with E-state index in [1.54, 1.807) is 19.1 Å². The maximum atomic E-state index is 12.5. The van der Waals surface area contributed by atoms with E-state index in [0.29, 0.717) is 6.54 Å². The molecule has 2 N–H and O–H groups in total. The van der Waals surface area contributed by atoms with Gasteiger partial charge in [0.25, 0.3) is 0 Å². The topological polar surface area (TPSA) is 97.5 Å². The Morgan fingerprint density at radius 1 is 1.30 bits per heavy atom. The first kappa shape index (κ1) is 15.4. The van der Waals surface area contributed by atoms with Crippen molar-refractivity contribution in [3.8, 4) is 0 Å². The third-order valence-electron chi connectivity index (χ3n) is 3.38. The predicted molar refractivity (Wildman–Crippen MR) is 76.3 cm³/mol. The summed E-state index contributed by atoms with van der Waals surface area (Å²) in [6.45, 7) is 1.96. The molecule has 0 spiro atoms. The molecule has 1 atom stereocenters. The molecule has 20 heavy (non-hydrogen) atoms. The predicted octanol–water partition coefficient (Wildman–Crippen LogP) is -0.0471. The maximum absolute atomic E-state index is 12.5. The lowest BCUT2D eigenvalue weighted by Gasteiger charge is -2.32. The molecule has 0 aliphatic carbocycles. The lowest BCUT2D eigenvalue weighted by Crippen LogP contribution is -2.49. The normalized spacial score (nSPS) is 23.6. The average molecular weight is 318 g/mol. The van der Waals surface area contributed by atoms with Gasteiger partial charge in [0.2, 0.25) is 10.0 Å². The fourth-order valence-electron chi connectivity index (χ4n) is 2.27. The summed E-state index contributed by atoms with van der Waals surface area (Å²) in [6, 6.07) is 5.80. The van der Waals surface area contributed by atoms with E-state index in [2.05, 4.69) is 0 Å². The van der Waals surface area contributed by atoms with Crippen molar-refractivity contribution in [2.75, 3.05) is 18.1 Å². The van der Waals surface area contributed by atoms with Crippen molar-refractivity contribution in [2.24, 2.45) is 5.73 Å². The Hall–Kier alpha value is -0.960. The molecule has 1 aromatic rings. The Morgan fingerprint density at radius 3 is 2.40 bits per heavy atom. The Kier molecular flexibility index (Phi) is 4.19. The van der Waals surface area contributed by atoms with Crippen LogP contribution in [0.15, 0.2) is 29.2 Å². The molecule has 1 aromatic carbocycles. The summed E-state index contributed by atoms with van der Waals surface area (Å²) < 4.78 is 49.3. The van der Waals surface area contributed by atoms with E-state index in [9.17, 15) is 16.8 Å². The highest BCUT2D eigenvalue weighted by Crippen LogP contribution is 2.22. The second-order valence-corrected chi connectivity index (χ2v) is 9.05. The number of benzene rings is 1. The molecule has 0 aromatic heterocycles. The van der Waals surface area contributed by atoms with Gasteiger partial charge in [-0.25, -0.2) is 16.8 Å². The molecule has 6 nitrogen and oxygen atoms in total. The van der Waals surface area contributed by atoms with Gasteiger partial charge in [-0.3, -0.25) is 0 Å². The SMILES string of the molecule is CC1CS(=O)(=O)CCN1S(=O)(=O)c1ccc(CN)cc1. The lowest BCUT2D eigenvalue weighted by atomic mass is 10.2. The molecule has 112 valence electrons. The molecule has 1 saturated heterocycles. The van der Waals surface area contributed by atoms with Crippen molar-refractivity contribution in [3.63, 3.8) is 0 Å². The van der Waals surface area contributed by atoms with Crippen molar-refractivity contribution in [1.29, 1.82) is 0 Å². The molecule has 0 amide bonds. The van der Waals surface area contributed by atoms with Crippen LogP contribution in [0.4, 0.5) is 0 Å². The van der Waals surface area contributed by atoms with Gasteiger partial charge in [0.1, 0.15) is 0 Å². The summed E-state index contributed by atoms with van der Waals surface area (Å²) in [7, 11) is -6.80. The van der Waals surface area contributed by atoms with Crippen LogP contribution >= 0.6 is 0 Å². The quantitative estimate of drug-likeness (QED) is 0.843. The van der Waals surface area contributed by atoms with E-state index >= 15 is 0 Å². The van der Waals surface area contributed by atoms with Crippen molar-refractivity contribution in [3.05, 3.63) is 29.8 Å². The minimum Gasteiger partial charge on any atom is -0.326 e. The van der Waals surface area contributed by atoms with Gasteiger partial charge < -0.3 is 5.73 Å². The van der Waals surface area contributed by atoms with E-state index in [0.717, 1.165) is 5.56 Å². The lowest BCUT2D eigenvalue weighted by molar-refractivity contribution is 0.357. The van der Waals surface area contributed by atoms with Gasteiger partial charge >= 0.3 is 0 Å². The number of nitrogens with two attached hydrogens (primary N) is 1. The van der Waals surface area contributed by atoms with Gasteiger partial charge in [-0.05, 0) is 24.6 Å². The molecule has 0 saturated carbocycles. The van der Waals surface area contributed by atoms with E-state index in [-0.39, 0.29) is 22.9 Å². The summed E-state index contributed by atoms with van der Waals surface area (Å²) in [5.74, 6) is -0.259. The Morgan fingerprint density at radius 2 is 1.90 bits per heavy atom. The standard InChI is InChI=1S/C12H18N2O4S2/c1-10-9-19(15,16)7-6-14(10)20(17,18)12-4-2-11(8-13)3-5-12/h2-5,10H,6-9,13H2,1H3. The van der Waals surface area contributed by atoms with Gasteiger partial charge in [0.05, 0.1) is 16.4 Å². The van der Waals surface area contributed by atoms with Crippen LogP contribution in [0, 0.1) is 0 Å². The fourth-order valence-corrected chi connectivity index (χ4v) is 5.67. The first-order valence-corrected chi connectivity index (χ1v) is 9.54. The molecule has 0 bridgehead atoms. The summed E-state index contributed by atoms with van der Waals surface area (Å²) in [5.41, 5.74) is 6.32. The van der Waals surface area contributed by atoms with Crippen LogP contribution in [-0.2, 0) is 26.4 Å². The maximum Gasteiger partial charge on any atom is 0.243 e. The Balaban J connectivity index is 2.30. The minimum atomic E-state index is -3.66. The highest BCUT2D eigenvalue weighted by molar-refractivity contribution is 7.92. The molecule has 1 unspecified atom stereocenters. The molecule has 8 heteroatoms. The van der Waals surface area contributed by atoms with E-state index < -0.39 is 25.9 Å². The second-order valence-electron chi connectivity index (χ2n) is 4.93. The largest absolute Gasteiger partial charge is 0.326 e. The van der Waals surface area contributed by atoms with Crippen LogP contribution in [0.5, 0.6) is 0 Å². The number of sulfone groups is 1. The van der Waals surface area contributed by atoms with Gasteiger partial charge in [0.15, 0.2) is 9.84 Å². The van der Waals surface area contributed by atoms with Crippen LogP contribution in [0.2, 0.25) is 0 Å². The Bertz CT molecular complexity index is 681. The smallest absolute Gasteiger partial charge is 0.243 e. The zero-order chi connectivity index (χ0) is 15.0. The summed E-state index contributed by atoms with van der Waals surface area (Å²) in [5, 5.41) is 0. The number of nitrogens with zero attached hydrogens (tertiary/aromatic N) is 1. The van der Waals surface area contributed by atoms with Crippen LogP contribution in [0.25, 0.3) is 0 Å². The van der Waals surface area contributed by atoms with Gasteiger partial charge in [0, 0.05) is 19.1 Å². The molecule has 1 aliphatic heterocycles. The van der Waals surface area contributed by atoms with Gasteiger partial charge in [-0.15, -0.1) is 0 Å². The fraction of sp³-hybridized carbons (Fsp3) is 0.500. The van der Waals surface area contributed by atoms with Crippen molar-refractivity contribution in [1.82, 2.24) is 4.31 Å². The average Bonchev–Trinajstić information content (AvgIpc) is 2.37. The van der Waals surface area contributed by atoms with Crippen LogP contribution < -0.4 is 5.73 Å². The minimum absolute atomic E-state index is 0.00444. The van der Waals surface area contributed by atoms with Crippen molar-refractivity contribution >= 4 is 19.9 Å². The van der Waals surface area contributed by atoms with Gasteiger partial charge in [-0.1, -0.05) is 12.1 Å². The van der Waals surface area contributed by atoms with Crippen LogP contribution in [0.1, 0.15) is 12.5 Å². The molecule has 1 fully saturated rings. The molecule has 1 aliphatic rings. The number of hydrogen-bond donors (Lipinski definition) is 1. The highest BCUT2D eigenvalue weighted by atomic mass is 32.2.